The molecule has 0 aliphatic carbocycles. The Morgan fingerprint density at radius 3 is 3.18 bits per heavy atom. The van der Waals surface area contributed by atoms with Crippen LogP contribution in [0.5, 0.6) is 0 Å². The number of alkyl halides is 1. The van der Waals surface area contributed by atoms with Crippen molar-refractivity contribution in [3.05, 3.63) is 0 Å². The fourth-order valence-corrected chi connectivity index (χ4v) is 2.22. The van der Waals surface area contributed by atoms with Crippen molar-refractivity contribution in [2.75, 3.05) is 13.2 Å². The zero-order valence-electron chi connectivity index (χ0n) is 6.01. The van der Waals surface area contributed by atoms with Gasteiger partial charge in [-0.2, -0.15) is 0 Å². The highest BCUT2D eigenvalue weighted by molar-refractivity contribution is 9.09. The third kappa shape index (κ3) is 1.28. The lowest BCUT2D eigenvalue weighted by Gasteiger charge is -2.29. The number of carbonyl (C=O) groups excluding carboxylic acids is 1. The van der Waals surface area contributed by atoms with E-state index in [0.29, 0.717) is 11.5 Å². The van der Waals surface area contributed by atoms with Gasteiger partial charge in [0.2, 0.25) is 5.91 Å². The first-order valence-corrected chi connectivity index (χ1v) is 4.61. The number of hydrogen-bond acceptors (Lipinski definition) is 3. The highest BCUT2D eigenvalue weighted by Crippen LogP contribution is 2.22. The summed E-state index contributed by atoms with van der Waals surface area (Å²) in [7, 11) is 0. The predicted octanol–water partition coefficient (Wildman–Crippen LogP) is -0.584. The van der Waals surface area contributed by atoms with Gasteiger partial charge in [-0.3, -0.25) is 4.79 Å². The summed E-state index contributed by atoms with van der Waals surface area (Å²) >= 11 is 3.49. The first-order chi connectivity index (χ1) is 5.27. The molecule has 1 amide bonds. The lowest BCUT2D eigenvalue weighted by atomic mass is 10.2. The number of halogens is 1. The molecule has 2 rings (SSSR count). The van der Waals surface area contributed by atoms with Gasteiger partial charge in [0.05, 0.1) is 6.67 Å². The average molecular weight is 220 g/mol. The SMILES string of the molecule is O=C1NCNN2CC(Br)CC12. The molecule has 2 N–H and O–H groups in total. The second kappa shape index (κ2) is 2.73. The average Bonchev–Trinajstić information content (AvgIpc) is 2.31. The molecule has 0 radical (unpaired) electrons. The molecule has 2 heterocycles. The number of hydrogen-bond donors (Lipinski definition) is 2. The van der Waals surface area contributed by atoms with Crippen LogP contribution in [0.3, 0.4) is 0 Å². The van der Waals surface area contributed by atoms with Crippen molar-refractivity contribution in [1.29, 1.82) is 0 Å². The van der Waals surface area contributed by atoms with Crippen LogP contribution in [0.15, 0.2) is 0 Å². The lowest BCUT2D eigenvalue weighted by Crippen LogP contribution is -2.58. The number of rotatable bonds is 0. The van der Waals surface area contributed by atoms with Gasteiger partial charge in [0.25, 0.3) is 0 Å². The Bertz CT molecular complexity index is 187. The normalized spacial score (nSPS) is 38.5. The van der Waals surface area contributed by atoms with Crippen molar-refractivity contribution in [1.82, 2.24) is 15.8 Å². The summed E-state index contributed by atoms with van der Waals surface area (Å²) in [6.45, 7) is 1.48. The Balaban J connectivity index is 2.09. The van der Waals surface area contributed by atoms with Crippen LogP contribution in [0.4, 0.5) is 0 Å². The van der Waals surface area contributed by atoms with Gasteiger partial charge in [0.15, 0.2) is 0 Å². The van der Waals surface area contributed by atoms with E-state index in [4.69, 9.17) is 0 Å². The molecule has 11 heavy (non-hydrogen) atoms. The van der Waals surface area contributed by atoms with Crippen molar-refractivity contribution < 1.29 is 4.79 Å². The van der Waals surface area contributed by atoms with E-state index in [1.165, 1.54) is 0 Å². The molecule has 2 fully saturated rings. The predicted molar refractivity (Wildman–Crippen MR) is 44.0 cm³/mol. The minimum Gasteiger partial charge on any atom is -0.341 e. The third-order valence-corrected chi connectivity index (χ3v) is 2.76. The Labute approximate surface area is 73.4 Å². The molecular weight excluding hydrogens is 210 g/mol. The van der Waals surface area contributed by atoms with E-state index in [0.717, 1.165) is 13.0 Å². The number of fused-ring (bicyclic) bond motifs is 1. The van der Waals surface area contributed by atoms with Gasteiger partial charge in [0.1, 0.15) is 6.04 Å². The fourth-order valence-electron chi connectivity index (χ4n) is 1.55. The zero-order valence-corrected chi connectivity index (χ0v) is 7.60. The molecule has 2 unspecified atom stereocenters. The van der Waals surface area contributed by atoms with E-state index in [2.05, 4.69) is 26.7 Å². The maximum absolute atomic E-state index is 11.2. The number of carbonyl (C=O) groups is 1. The summed E-state index contributed by atoms with van der Waals surface area (Å²) < 4.78 is 0. The molecule has 0 aromatic heterocycles. The molecule has 5 heteroatoms. The molecule has 2 aliphatic heterocycles. The van der Waals surface area contributed by atoms with Gasteiger partial charge in [-0.1, -0.05) is 15.9 Å². The monoisotopic (exact) mass is 219 g/mol. The molecule has 2 saturated heterocycles. The van der Waals surface area contributed by atoms with Crippen molar-refractivity contribution in [2.45, 2.75) is 17.3 Å². The Morgan fingerprint density at radius 2 is 2.45 bits per heavy atom. The van der Waals surface area contributed by atoms with E-state index < -0.39 is 0 Å². The summed E-state index contributed by atoms with van der Waals surface area (Å²) in [5.74, 6) is 0.144. The van der Waals surface area contributed by atoms with Crippen LogP contribution >= 0.6 is 15.9 Å². The summed E-state index contributed by atoms with van der Waals surface area (Å²) in [5, 5.41) is 4.76. The van der Waals surface area contributed by atoms with Crippen LogP contribution in [0.25, 0.3) is 0 Å². The Morgan fingerprint density at radius 1 is 1.64 bits per heavy atom. The molecule has 62 valence electrons. The molecule has 0 saturated carbocycles. The number of nitrogens with one attached hydrogen (secondary N) is 2. The van der Waals surface area contributed by atoms with E-state index >= 15 is 0 Å². The molecule has 4 nitrogen and oxygen atoms in total. The summed E-state index contributed by atoms with van der Waals surface area (Å²) in [5.41, 5.74) is 3.11. The molecule has 2 atom stereocenters. The van der Waals surface area contributed by atoms with Gasteiger partial charge >= 0.3 is 0 Å². The van der Waals surface area contributed by atoms with Crippen molar-refractivity contribution >= 4 is 21.8 Å². The molecular formula is C6H10BrN3O. The van der Waals surface area contributed by atoms with E-state index in [-0.39, 0.29) is 11.9 Å². The topological polar surface area (TPSA) is 44.4 Å². The number of hydrazine groups is 1. The molecule has 2 aliphatic rings. The van der Waals surface area contributed by atoms with Gasteiger partial charge < -0.3 is 5.32 Å². The smallest absolute Gasteiger partial charge is 0.239 e. The lowest BCUT2D eigenvalue weighted by molar-refractivity contribution is -0.130. The van der Waals surface area contributed by atoms with Gasteiger partial charge in [0, 0.05) is 11.4 Å². The third-order valence-electron chi connectivity index (χ3n) is 2.10. The molecule has 0 spiro atoms. The highest BCUT2D eigenvalue weighted by Gasteiger charge is 2.37. The van der Waals surface area contributed by atoms with E-state index in [1.54, 1.807) is 0 Å². The molecule has 0 aromatic carbocycles. The van der Waals surface area contributed by atoms with Crippen molar-refractivity contribution in [3.8, 4) is 0 Å². The highest BCUT2D eigenvalue weighted by atomic mass is 79.9. The minimum absolute atomic E-state index is 0.0353. The summed E-state index contributed by atoms with van der Waals surface area (Å²) in [6, 6.07) is 0.0353. The van der Waals surface area contributed by atoms with Crippen LogP contribution in [0.2, 0.25) is 0 Å². The summed E-state index contributed by atoms with van der Waals surface area (Å²) in [4.78, 5) is 11.7. The maximum Gasteiger partial charge on any atom is 0.239 e. The number of nitrogens with zero attached hydrogens (tertiary/aromatic N) is 1. The van der Waals surface area contributed by atoms with E-state index in [9.17, 15) is 4.79 Å². The largest absolute Gasteiger partial charge is 0.341 e. The Hall–Kier alpha value is -0.130. The van der Waals surface area contributed by atoms with Crippen molar-refractivity contribution in [3.63, 3.8) is 0 Å². The van der Waals surface area contributed by atoms with Crippen LogP contribution in [0.1, 0.15) is 6.42 Å². The second-order valence-corrected chi connectivity index (χ2v) is 4.17. The quantitative estimate of drug-likeness (QED) is 0.536. The van der Waals surface area contributed by atoms with Crippen LogP contribution < -0.4 is 10.7 Å². The standard InChI is InChI=1S/C6H10BrN3O/c7-4-1-5-6(11)8-3-9-10(5)2-4/h4-5,9H,1-3H2,(H,8,11). The van der Waals surface area contributed by atoms with Crippen LogP contribution in [-0.4, -0.2) is 35.0 Å². The maximum atomic E-state index is 11.2. The summed E-state index contributed by atoms with van der Waals surface area (Å²) in [6.07, 6.45) is 0.902. The first-order valence-electron chi connectivity index (χ1n) is 3.69. The van der Waals surface area contributed by atoms with Crippen LogP contribution in [0, 0.1) is 0 Å². The van der Waals surface area contributed by atoms with Gasteiger partial charge in [-0.25, -0.2) is 10.4 Å². The Kier molecular flexibility index (Phi) is 1.86. The zero-order chi connectivity index (χ0) is 7.84. The van der Waals surface area contributed by atoms with Crippen molar-refractivity contribution in [2.24, 2.45) is 0 Å². The second-order valence-electron chi connectivity index (χ2n) is 2.88. The van der Waals surface area contributed by atoms with Gasteiger partial charge in [-0.15, -0.1) is 0 Å². The minimum atomic E-state index is 0.0353. The molecule has 0 aromatic rings. The van der Waals surface area contributed by atoms with Gasteiger partial charge in [-0.05, 0) is 6.42 Å². The first kappa shape index (κ1) is 7.52. The fraction of sp³-hybridized carbons (Fsp3) is 0.833. The number of amides is 1. The van der Waals surface area contributed by atoms with E-state index in [1.807, 2.05) is 5.01 Å². The van der Waals surface area contributed by atoms with Crippen LogP contribution in [-0.2, 0) is 4.79 Å². The molecule has 0 bridgehead atoms.